The number of hydrogen-bond donors (Lipinski definition) is 2. The van der Waals surface area contributed by atoms with Crippen LogP contribution < -0.4 is 10.1 Å². The second-order valence-corrected chi connectivity index (χ2v) is 6.12. The van der Waals surface area contributed by atoms with Crippen molar-refractivity contribution in [2.75, 3.05) is 7.11 Å². The van der Waals surface area contributed by atoms with Crippen LogP contribution in [0.4, 0.5) is 9.18 Å². The Balaban J connectivity index is 1.67. The number of carbonyl (C=O) groups excluding carboxylic acids is 1. The highest BCUT2D eigenvalue weighted by molar-refractivity contribution is 5.75. The van der Waals surface area contributed by atoms with E-state index in [4.69, 9.17) is 4.74 Å². The van der Waals surface area contributed by atoms with Crippen molar-refractivity contribution in [2.24, 2.45) is 0 Å². The maximum Gasteiger partial charge on any atom is 0.318 e. The van der Waals surface area contributed by atoms with Crippen molar-refractivity contribution in [3.05, 3.63) is 59.4 Å². The second kappa shape index (κ2) is 7.42. The Labute approximate surface area is 146 Å². The van der Waals surface area contributed by atoms with E-state index in [0.717, 1.165) is 18.4 Å². The van der Waals surface area contributed by atoms with Gasteiger partial charge in [-0.15, -0.1) is 0 Å². The molecule has 2 amide bonds. The highest BCUT2D eigenvalue weighted by Crippen LogP contribution is 2.31. The van der Waals surface area contributed by atoms with Crippen molar-refractivity contribution in [3.8, 4) is 11.5 Å². The summed E-state index contributed by atoms with van der Waals surface area (Å²) < 4.78 is 18.8. The molecule has 1 fully saturated rings. The predicted molar refractivity (Wildman–Crippen MR) is 91.9 cm³/mol. The predicted octanol–water partition coefficient (Wildman–Crippen LogP) is 3.41. The number of amides is 2. The zero-order chi connectivity index (χ0) is 17.8. The SMILES string of the molecule is COc1cc(CN(C(=O)NCc2ccccc2F)C2CC2)ccc1O. The van der Waals surface area contributed by atoms with Crippen LogP contribution in [0.15, 0.2) is 42.5 Å². The molecule has 6 heteroatoms. The van der Waals surface area contributed by atoms with Crippen LogP contribution in [0.3, 0.4) is 0 Å². The lowest BCUT2D eigenvalue weighted by atomic mass is 10.2. The number of rotatable bonds is 6. The van der Waals surface area contributed by atoms with Gasteiger partial charge >= 0.3 is 6.03 Å². The first kappa shape index (κ1) is 17.1. The molecule has 0 atom stereocenters. The number of benzene rings is 2. The summed E-state index contributed by atoms with van der Waals surface area (Å²) in [5.74, 6) is 0.109. The Morgan fingerprint density at radius 1 is 1.32 bits per heavy atom. The first-order chi connectivity index (χ1) is 12.1. The summed E-state index contributed by atoms with van der Waals surface area (Å²) >= 11 is 0. The van der Waals surface area contributed by atoms with Gasteiger partial charge < -0.3 is 20.1 Å². The standard InChI is InChI=1S/C19H21FN2O3/c1-25-18-10-13(6-9-17(18)23)12-22(15-7-8-15)19(24)21-11-14-4-2-3-5-16(14)20/h2-6,9-10,15,23H,7-8,11-12H2,1H3,(H,21,24). The summed E-state index contributed by atoms with van der Waals surface area (Å²) in [6.45, 7) is 0.554. The second-order valence-electron chi connectivity index (χ2n) is 6.12. The Hall–Kier alpha value is -2.76. The molecule has 0 saturated heterocycles. The zero-order valence-corrected chi connectivity index (χ0v) is 14.0. The van der Waals surface area contributed by atoms with Crippen LogP contribution in [0.1, 0.15) is 24.0 Å². The van der Waals surface area contributed by atoms with E-state index in [2.05, 4.69) is 5.32 Å². The number of carbonyl (C=O) groups is 1. The molecule has 2 N–H and O–H groups in total. The quantitative estimate of drug-likeness (QED) is 0.844. The number of hydrogen-bond acceptors (Lipinski definition) is 3. The number of phenols is 1. The Kier molecular flexibility index (Phi) is 5.07. The normalized spacial score (nSPS) is 13.4. The first-order valence-electron chi connectivity index (χ1n) is 8.22. The molecule has 1 aliphatic rings. The number of phenolic OH excluding ortho intramolecular Hbond substituents is 1. The summed E-state index contributed by atoms with van der Waals surface area (Å²) in [5.41, 5.74) is 1.32. The van der Waals surface area contributed by atoms with Crippen LogP contribution in [0.5, 0.6) is 11.5 Å². The molecule has 25 heavy (non-hydrogen) atoms. The van der Waals surface area contributed by atoms with Crippen LogP contribution in [-0.4, -0.2) is 29.2 Å². The van der Waals surface area contributed by atoms with E-state index in [-0.39, 0.29) is 30.2 Å². The molecule has 3 rings (SSSR count). The molecule has 0 unspecified atom stereocenters. The number of aromatic hydroxyl groups is 1. The van der Waals surface area contributed by atoms with Crippen LogP contribution >= 0.6 is 0 Å². The number of nitrogens with one attached hydrogen (secondary N) is 1. The Bertz CT molecular complexity index is 762. The number of halogens is 1. The van der Waals surface area contributed by atoms with E-state index in [0.29, 0.717) is 17.9 Å². The maximum atomic E-state index is 13.7. The molecule has 132 valence electrons. The van der Waals surface area contributed by atoms with Crippen LogP contribution in [-0.2, 0) is 13.1 Å². The Morgan fingerprint density at radius 3 is 2.76 bits per heavy atom. The van der Waals surface area contributed by atoms with Gasteiger partial charge in [-0.25, -0.2) is 9.18 Å². The van der Waals surface area contributed by atoms with Gasteiger partial charge in [0.2, 0.25) is 0 Å². The van der Waals surface area contributed by atoms with E-state index in [1.54, 1.807) is 41.3 Å². The third kappa shape index (κ3) is 4.21. The van der Waals surface area contributed by atoms with Gasteiger partial charge in [0.05, 0.1) is 7.11 Å². The summed E-state index contributed by atoms with van der Waals surface area (Å²) in [6, 6.07) is 11.4. The summed E-state index contributed by atoms with van der Waals surface area (Å²) in [4.78, 5) is 14.3. The molecule has 1 saturated carbocycles. The van der Waals surface area contributed by atoms with Crippen molar-refractivity contribution < 1.29 is 19.0 Å². The minimum atomic E-state index is -0.330. The fraction of sp³-hybridized carbons (Fsp3) is 0.316. The van der Waals surface area contributed by atoms with Crippen LogP contribution in [0.2, 0.25) is 0 Å². The molecular weight excluding hydrogens is 323 g/mol. The molecule has 5 nitrogen and oxygen atoms in total. The molecule has 0 aromatic heterocycles. The Morgan fingerprint density at radius 2 is 2.08 bits per heavy atom. The first-order valence-corrected chi connectivity index (χ1v) is 8.22. The highest BCUT2D eigenvalue weighted by atomic mass is 19.1. The van der Waals surface area contributed by atoms with Gasteiger partial charge in [-0.1, -0.05) is 24.3 Å². The average Bonchev–Trinajstić information content (AvgIpc) is 3.45. The average molecular weight is 344 g/mol. The maximum absolute atomic E-state index is 13.7. The molecule has 2 aromatic rings. The third-order valence-corrected chi connectivity index (χ3v) is 4.23. The molecular formula is C19H21FN2O3. The van der Waals surface area contributed by atoms with E-state index in [1.165, 1.54) is 13.2 Å². The van der Waals surface area contributed by atoms with E-state index < -0.39 is 0 Å². The van der Waals surface area contributed by atoms with Gasteiger partial charge in [-0.3, -0.25) is 0 Å². The molecule has 0 aliphatic heterocycles. The summed E-state index contributed by atoms with van der Waals surface area (Å²) in [5, 5.41) is 12.5. The lowest BCUT2D eigenvalue weighted by Crippen LogP contribution is -2.40. The zero-order valence-electron chi connectivity index (χ0n) is 14.0. The van der Waals surface area contributed by atoms with E-state index >= 15 is 0 Å². The van der Waals surface area contributed by atoms with Gasteiger partial charge in [-0.05, 0) is 36.6 Å². The van der Waals surface area contributed by atoms with Gasteiger partial charge in [0.25, 0.3) is 0 Å². The highest BCUT2D eigenvalue weighted by Gasteiger charge is 2.32. The monoisotopic (exact) mass is 344 g/mol. The van der Waals surface area contributed by atoms with Crippen molar-refractivity contribution in [1.29, 1.82) is 0 Å². The summed E-state index contributed by atoms with van der Waals surface area (Å²) in [7, 11) is 1.48. The topological polar surface area (TPSA) is 61.8 Å². The van der Waals surface area contributed by atoms with Crippen LogP contribution in [0, 0.1) is 5.82 Å². The lowest BCUT2D eigenvalue weighted by Gasteiger charge is -2.23. The molecule has 0 bridgehead atoms. The van der Waals surface area contributed by atoms with Crippen molar-refractivity contribution >= 4 is 6.03 Å². The van der Waals surface area contributed by atoms with Crippen molar-refractivity contribution in [3.63, 3.8) is 0 Å². The number of ether oxygens (including phenoxy) is 1. The van der Waals surface area contributed by atoms with Crippen LogP contribution in [0.25, 0.3) is 0 Å². The van der Waals surface area contributed by atoms with Gasteiger partial charge in [0, 0.05) is 24.7 Å². The molecule has 1 aliphatic carbocycles. The minimum absolute atomic E-state index is 0.0632. The molecule has 0 heterocycles. The van der Waals surface area contributed by atoms with Crippen molar-refractivity contribution in [1.82, 2.24) is 10.2 Å². The molecule has 0 spiro atoms. The minimum Gasteiger partial charge on any atom is -0.504 e. The van der Waals surface area contributed by atoms with Gasteiger partial charge in [0.15, 0.2) is 11.5 Å². The number of methoxy groups -OCH3 is 1. The van der Waals surface area contributed by atoms with Crippen molar-refractivity contribution in [2.45, 2.75) is 32.0 Å². The number of nitrogens with zero attached hydrogens (tertiary/aromatic N) is 1. The fourth-order valence-electron chi connectivity index (χ4n) is 2.68. The van der Waals surface area contributed by atoms with Gasteiger partial charge in [0.1, 0.15) is 5.82 Å². The summed E-state index contributed by atoms with van der Waals surface area (Å²) in [6.07, 6.45) is 1.92. The third-order valence-electron chi connectivity index (χ3n) is 4.23. The van der Waals surface area contributed by atoms with E-state index in [1.807, 2.05) is 0 Å². The van der Waals surface area contributed by atoms with E-state index in [9.17, 15) is 14.3 Å². The molecule has 2 aromatic carbocycles. The van der Waals surface area contributed by atoms with Gasteiger partial charge in [-0.2, -0.15) is 0 Å². The molecule has 0 radical (unpaired) electrons. The number of urea groups is 1. The fourth-order valence-corrected chi connectivity index (χ4v) is 2.68. The smallest absolute Gasteiger partial charge is 0.318 e. The largest absolute Gasteiger partial charge is 0.504 e. The lowest BCUT2D eigenvalue weighted by molar-refractivity contribution is 0.191.